The zero-order chi connectivity index (χ0) is 8.10. The molecule has 0 aromatic heterocycles. The maximum Gasteiger partial charge on any atom is 0.0622 e. The van der Waals surface area contributed by atoms with Crippen molar-refractivity contribution in [3.05, 3.63) is 0 Å². The minimum Gasteiger partial charge on any atom is -0.379 e. The summed E-state index contributed by atoms with van der Waals surface area (Å²) in [5.74, 6) is 0. The van der Waals surface area contributed by atoms with E-state index in [1.54, 1.807) is 0 Å². The summed E-state index contributed by atoms with van der Waals surface area (Å²) in [6.45, 7) is 3.41. The molecular formula is C8H18N2O. The van der Waals surface area contributed by atoms with Crippen molar-refractivity contribution in [1.29, 1.82) is 0 Å². The molecule has 3 nitrogen and oxygen atoms in total. The van der Waals surface area contributed by atoms with E-state index in [1.807, 2.05) is 0 Å². The van der Waals surface area contributed by atoms with Gasteiger partial charge in [0.1, 0.15) is 0 Å². The van der Waals surface area contributed by atoms with Gasteiger partial charge in [-0.15, -0.1) is 0 Å². The van der Waals surface area contributed by atoms with E-state index < -0.39 is 0 Å². The van der Waals surface area contributed by atoms with Gasteiger partial charge >= 0.3 is 0 Å². The van der Waals surface area contributed by atoms with Gasteiger partial charge in [0.05, 0.1) is 13.2 Å². The van der Waals surface area contributed by atoms with Crippen LogP contribution in [0, 0.1) is 0 Å². The van der Waals surface area contributed by atoms with Gasteiger partial charge in [0.2, 0.25) is 0 Å². The zero-order valence-corrected chi connectivity index (χ0v) is 7.25. The second kappa shape index (κ2) is 4.70. The molecule has 0 spiro atoms. The summed E-state index contributed by atoms with van der Waals surface area (Å²) in [7, 11) is 2.16. The Kier molecular flexibility index (Phi) is 3.83. The molecule has 1 fully saturated rings. The van der Waals surface area contributed by atoms with Crippen LogP contribution in [-0.2, 0) is 4.74 Å². The van der Waals surface area contributed by atoms with Gasteiger partial charge in [0, 0.05) is 12.6 Å². The number of nitrogens with zero attached hydrogens (tertiary/aromatic N) is 1. The van der Waals surface area contributed by atoms with E-state index in [2.05, 4.69) is 11.9 Å². The van der Waals surface area contributed by atoms with Gasteiger partial charge in [0.15, 0.2) is 0 Å². The highest BCUT2D eigenvalue weighted by atomic mass is 16.5. The molecule has 2 N–H and O–H groups in total. The van der Waals surface area contributed by atoms with E-state index in [4.69, 9.17) is 10.5 Å². The number of likely N-dealkylation sites (tertiary alicyclic amines) is 1. The van der Waals surface area contributed by atoms with Crippen LogP contribution in [0.2, 0.25) is 0 Å². The lowest BCUT2D eigenvalue weighted by Gasteiger charge is -2.18. The molecule has 1 saturated heterocycles. The van der Waals surface area contributed by atoms with Crippen molar-refractivity contribution in [2.24, 2.45) is 5.73 Å². The molecule has 0 bridgehead atoms. The fraction of sp³-hybridized carbons (Fsp3) is 1.00. The van der Waals surface area contributed by atoms with Crippen LogP contribution in [0.25, 0.3) is 0 Å². The SMILES string of the molecule is CN1CCCC1COCCN. The summed E-state index contributed by atoms with van der Waals surface area (Å²) in [5, 5.41) is 0. The van der Waals surface area contributed by atoms with Crippen LogP contribution >= 0.6 is 0 Å². The first-order valence-electron chi connectivity index (χ1n) is 4.32. The number of nitrogens with two attached hydrogens (primary N) is 1. The molecular weight excluding hydrogens is 140 g/mol. The third-order valence-corrected chi connectivity index (χ3v) is 2.24. The van der Waals surface area contributed by atoms with E-state index in [0.717, 1.165) is 6.61 Å². The fourth-order valence-electron chi connectivity index (χ4n) is 1.49. The van der Waals surface area contributed by atoms with Gasteiger partial charge in [-0.1, -0.05) is 0 Å². The van der Waals surface area contributed by atoms with Crippen LogP contribution in [0.3, 0.4) is 0 Å². The number of hydrogen-bond acceptors (Lipinski definition) is 3. The van der Waals surface area contributed by atoms with Crippen LogP contribution in [0.5, 0.6) is 0 Å². The molecule has 66 valence electrons. The number of hydrogen-bond donors (Lipinski definition) is 1. The van der Waals surface area contributed by atoms with Crippen LogP contribution in [0.4, 0.5) is 0 Å². The average molecular weight is 158 g/mol. The maximum absolute atomic E-state index is 5.37. The Morgan fingerprint density at radius 2 is 2.45 bits per heavy atom. The minimum absolute atomic E-state index is 0.635. The third kappa shape index (κ3) is 2.77. The number of ether oxygens (including phenoxy) is 1. The summed E-state index contributed by atoms with van der Waals surface area (Å²) in [4.78, 5) is 2.36. The average Bonchev–Trinajstić information content (AvgIpc) is 2.37. The number of rotatable bonds is 4. The fourth-order valence-corrected chi connectivity index (χ4v) is 1.49. The van der Waals surface area contributed by atoms with Gasteiger partial charge in [-0.25, -0.2) is 0 Å². The molecule has 0 saturated carbocycles. The van der Waals surface area contributed by atoms with Crippen molar-refractivity contribution in [3.8, 4) is 0 Å². The highest BCUT2D eigenvalue weighted by Crippen LogP contribution is 2.14. The first-order chi connectivity index (χ1) is 5.34. The highest BCUT2D eigenvalue weighted by Gasteiger charge is 2.20. The third-order valence-electron chi connectivity index (χ3n) is 2.24. The van der Waals surface area contributed by atoms with Gasteiger partial charge < -0.3 is 15.4 Å². The lowest BCUT2D eigenvalue weighted by atomic mass is 10.2. The first kappa shape index (κ1) is 8.97. The monoisotopic (exact) mass is 158 g/mol. The summed E-state index contributed by atoms with van der Waals surface area (Å²) in [5.41, 5.74) is 5.31. The second-order valence-electron chi connectivity index (χ2n) is 3.14. The van der Waals surface area contributed by atoms with Crippen molar-refractivity contribution >= 4 is 0 Å². The summed E-state index contributed by atoms with van der Waals surface area (Å²) in [6, 6.07) is 0.640. The second-order valence-corrected chi connectivity index (χ2v) is 3.14. The van der Waals surface area contributed by atoms with Crippen LogP contribution in [0.1, 0.15) is 12.8 Å². The Morgan fingerprint density at radius 1 is 1.64 bits per heavy atom. The Hall–Kier alpha value is -0.120. The molecule has 1 aliphatic rings. The molecule has 11 heavy (non-hydrogen) atoms. The Labute approximate surface area is 68.5 Å². The molecule has 1 aliphatic heterocycles. The van der Waals surface area contributed by atoms with Gasteiger partial charge in [0.25, 0.3) is 0 Å². The maximum atomic E-state index is 5.37. The normalized spacial score (nSPS) is 26.2. The Bertz CT molecular complexity index is 108. The molecule has 1 heterocycles. The smallest absolute Gasteiger partial charge is 0.0622 e. The van der Waals surface area contributed by atoms with Crippen molar-refractivity contribution < 1.29 is 4.74 Å². The first-order valence-corrected chi connectivity index (χ1v) is 4.32. The van der Waals surface area contributed by atoms with Gasteiger partial charge in [-0.3, -0.25) is 0 Å². The van der Waals surface area contributed by atoms with Crippen molar-refractivity contribution in [2.45, 2.75) is 18.9 Å². The zero-order valence-electron chi connectivity index (χ0n) is 7.25. The lowest BCUT2D eigenvalue weighted by Crippen LogP contribution is -2.30. The topological polar surface area (TPSA) is 38.5 Å². The summed E-state index contributed by atoms with van der Waals surface area (Å²) < 4.78 is 5.37. The molecule has 0 aromatic rings. The van der Waals surface area contributed by atoms with E-state index in [-0.39, 0.29) is 0 Å². The Morgan fingerprint density at radius 3 is 3.00 bits per heavy atom. The van der Waals surface area contributed by atoms with Crippen molar-refractivity contribution in [1.82, 2.24) is 4.90 Å². The standard InChI is InChI=1S/C8H18N2O/c1-10-5-2-3-8(10)7-11-6-4-9/h8H,2-7,9H2,1H3. The van der Waals surface area contributed by atoms with Crippen LogP contribution < -0.4 is 5.73 Å². The molecule has 3 heteroatoms. The van der Waals surface area contributed by atoms with Crippen molar-refractivity contribution in [3.63, 3.8) is 0 Å². The van der Waals surface area contributed by atoms with E-state index >= 15 is 0 Å². The number of likely N-dealkylation sites (N-methyl/N-ethyl adjacent to an activating group) is 1. The van der Waals surface area contributed by atoms with E-state index in [9.17, 15) is 0 Å². The molecule has 1 unspecified atom stereocenters. The lowest BCUT2D eigenvalue weighted by molar-refractivity contribution is 0.0910. The molecule has 1 atom stereocenters. The van der Waals surface area contributed by atoms with Gasteiger partial charge in [-0.2, -0.15) is 0 Å². The van der Waals surface area contributed by atoms with Crippen LogP contribution in [-0.4, -0.2) is 44.3 Å². The highest BCUT2D eigenvalue weighted by molar-refractivity contribution is 4.75. The Balaban J connectivity index is 2.05. The molecule has 0 radical (unpaired) electrons. The largest absolute Gasteiger partial charge is 0.379 e. The molecule has 0 amide bonds. The van der Waals surface area contributed by atoms with Gasteiger partial charge in [-0.05, 0) is 26.4 Å². The van der Waals surface area contributed by atoms with Crippen LogP contribution in [0.15, 0.2) is 0 Å². The quantitative estimate of drug-likeness (QED) is 0.588. The summed E-state index contributed by atoms with van der Waals surface area (Å²) >= 11 is 0. The molecule has 0 aliphatic carbocycles. The van der Waals surface area contributed by atoms with Crippen molar-refractivity contribution in [2.75, 3.05) is 33.4 Å². The minimum atomic E-state index is 0.635. The predicted molar refractivity (Wildman–Crippen MR) is 45.5 cm³/mol. The summed E-state index contributed by atoms with van der Waals surface area (Å²) in [6.07, 6.45) is 2.59. The molecule has 0 aromatic carbocycles. The van der Waals surface area contributed by atoms with E-state index in [0.29, 0.717) is 19.2 Å². The predicted octanol–water partition coefficient (Wildman–Crippen LogP) is 0.0559. The van der Waals surface area contributed by atoms with E-state index in [1.165, 1.54) is 19.4 Å². The molecule has 1 rings (SSSR count).